The molecule has 7 nitrogen and oxygen atoms in total. The van der Waals surface area contributed by atoms with E-state index < -0.39 is 21.8 Å². The molecule has 1 amide bonds. The van der Waals surface area contributed by atoms with Gasteiger partial charge >= 0.3 is 0 Å². The second-order valence-electron chi connectivity index (χ2n) is 6.52. The number of hydrogen-bond donors (Lipinski definition) is 2. The van der Waals surface area contributed by atoms with Gasteiger partial charge in [0.2, 0.25) is 10.0 Å². The number of benzene rings is 1. The molecule has 1 aromatic carbocycles. The second-order valence-corrected chi connectivity index (χ2v) is 8.23. The third-order valence-electron chi connectivity index (χ3n) is 4.38. The number of sulfonamides is 1. The predicted octanol–water partition coefficient (Wildman–Crippen LogP) is 3.08. The van der Waals surface area contributed by atoms with Crippen LogP contribution in [-0.2, 0) is 19.6 Å². The lowest BCUT2D eigenvalue weighted by Gasteiger charge is -2.15. The van der Waals surface area contributed by atoms with Crippen LogP contribution in [0.25, 0.3) is 0 Å². The molecule has 0 saturated carbocycles. The van der Waals surface area contributed by atoms with Crippen molar-refractivity contribution >= 4 is 21.6 Å². The van der Waals surface area contributed by atoms with E-state index >= 15 is 0 Å². The Morgan fingerprint density at radius 2 is 2.10 bits per heavy atom. The molecule has 0 spiro atoms. The van der Waals surface area contributed by atoms with Gasteiger partial charge in [0.05, 0.1) is 30.1 Å². The minimum Gasteiger partial charge on any atom is -0.495 e. The fraction of sp³-hybridized carbons (Fsp3) is 0.350. The normalized spacial score (nSPS) is 18.2. The van der Waals surface area contributed by atoms with Crippen molar-refractivity contribution in [2.24, 2.45) is 0 Å². The first-order valence-electron chi connectivity index (χ1n) is 8.94. The Morgan fingerprint density at radius 1 is 1.38 bits per heavy atom. The third-order valence-corrected chi connectivity index (χ3v) is 5.90. The number of carbonyl (C=O) groups excluding carboxylic acids is 1. The van der Waals surface area contributed by atoms with Crippen LogP contribution in [0.3, 0.4) is 0 Å². The van der Waals surface area contributed by atoms with Gasteiger partial charge in [0, 0.05) is 18.2 Å². The van der Waals surface area contributed by atoms with E-state index in [0.717, 1.165) is 0 Å². The fourth-order valence-corrected chi connectivity index (χ4v) is 3.89. The number of amides is 1. The van der Waals surface area contributed by atoms with Crippen molar-refractivity contribution in [3.05, 3.63) is 53.9 Å². The summed E-state index contributed by atoms with van der Waals surface area (Å²) in [4.78, 5) is 12.5. The zero-order valence-electron chi connectivity index (χ0n) is 16.6. The van der Waals surface area contributed by atoms with Gasteiger partial charge in [0.15, 0.2) is 0 Å². The van der Waals surface area contributed by atoms with Crippen molar-refractivity contribution in [1.82, 2.24) is 4.72 Å². The Hall–Kier alpha value is -2.49. The second kappa shape index (κ2) is 9.82. The first-order chi connectivity index (χ1) is 13.7. The number of allylic oxidation sites excluding steroid dienone is 3. The highest BCUT2D eigenvalue weighted by Gasteiger charge is 2.24. The molecule has 1 atom stereocenters. The van der Waals surface area contributed by atoms with Crippen LogP contribution in [0.1, 0.15) is 20.3 Å². The molecule has 1 aromatic rings. The molecule has 0 radical (unpaired) electrons. The number of carbonyl (C=O) groups is 1. The number of nitrogens with one attached hydrogen (secondary N) is 2. The van der Waals surface area contributed by atoms with Gasteiger partial charge in [-0.25, -0.2) is 17.5 Å². The Bertz CT molecular complexity index is 944. The summed E-state index contributed by atoms with van der Waals surface area (Å²) >= 11 is 0. The van der Waals surface area contributed by atoms with Crippen LogP contribution in [0.2, 0.25) is 0 Å². The number of halogens is 1. The number of anilines is 1. The number of ether oxygens (including phenoxy) is 2. The van der Waals surface area contributed by atoms with Crippen molar-refractivity contribution < 1.29 is 27.1 Å². The zero-order valence-corrected chi connectivity index (χ0v) is 17.4. The highest BCUT2D eigenvalue weighted by atomic mass is 32.2. The van der Waals surface area contributed by atoms with Crippen molar-refractivity contribution in [2.45, 2.75) is 31.2 Å². The minimum absolute atomic E-state index is 0.0275. The average Bonchev–Trinajstić information content (AvgIpc) is 3.17. The Morgan fingerprint density at radius 3 is 2.66 bits per heavy atom. The quantitative estimate of drug-likeness (QED) is 0.494. The molecule has 1 saturated heterocycles. The van der Waals surface area contributed by atoms with Gasteiger partial charge in [0.1, 0.15) is 5.75 Å². The fourth-order valence-electron chi connectivity index (χ4n) is 2.61. The van der Waals surface area contributed by atoms with Crippen molar-refractivity contribution in [3.8, 4) is 5.75 Å². The molecule has 1 aliphatic rings. The maximum absolute atomic E-state index is 13.3. The van der Waals surface area contributed by atoms with E-state index in [2.05, 4.69) is 16.6 Å². The van der Waals surface area contributed by atoms with Gasteiger partial charge in [-0.1, -0.05) is 12.7 Å². The van der Waals surface area contributed by atoms with E-state index in [1.165, 1.54) is 51.3 Å². The van der Waals surface area contributed by atoms with Crippen LogP contribution < -0.4 is 14.8 Å². The SMILES string of the molecule is C=C/C(=C\C(C)=C(/C)F)C(=O)Nc1cc(S(=O)(=O)N[C@H]2CCOC2)ccc1OC. The molecule has 29 heavy (non-hydrogen) atoms. The van der Waals surface area contributed by atoms with E-state index in [1.807, 2.05) is 0 Å². The zero-order chi connectivity index (χ0) is 21.6. The summed E-state index contributed by atoms with van der Waals surface area (Å²) in [5.41, 5.74) is 0.562. The molecule has 0 bridgehead atoms. The van der Waals surface area contributed by atoms with Crippen LogP contribution in [-0.4, -0.2) is 40.7 Å². The molecule has 1 aliphatic heterocycles. The number of hydrogen-bond acceptors (Lipinski definition) is 5. The molecule has 2 rings (SSSR count). The Kier molecular flexibility index (Phi) is 7.72. The largest absolute Gasteiger partial charge is 0.495 e. The topological polar surface area (TPSA) is 93.7 Å². The summed E-state index contributed by atoms with van der Waals surface area (Å²) in [6.07, 6.45) is 3.23. The van der Waals surface area contributed by atoms with Crippen LogP contribution in [0.15, 0.2) is 58.8 Å². The molecule has 1 heterocycles. The smallest absolute Gasteiger partial charge is 0.255 e. The van der Waals surface area contributed by atoms with Gasteiger partial charge < -0.3 is 14.8 Å². The molecule has 9 heteroatoms. The van der Waals surface area contributed by atoms with E-state index in [9.17, 15) is 17.6 Å². The van der Waals surface area contributed by atoms with Gasteiger partial charge in [-0.05, 0) is 50.1 Å². The highest BCUT2D eigenvalue weighted by Crippen LogP contribution is 2.28. The van der Waals surface area contributed by atoms with Crippen LogP contribution in [0, 0.1) is 0 Å². The minimum atomic E-state index is -3.81. The lowest BCUT2D eigenvalue weighted by molar-refractivity contribution is -0.112. The molecular formula is C20H25FN2O5S. The highest BCUT2D eigenvalue weighted by molar-refractivity contribution is 7.89. The Balaban J connectivity index is 2.32. The summed E-state index contributed by atoms with van der Waals surface area (Å²) in [5, 5.41) is 2.60. The van der Waals surface area contributed by atoms with E-state index in [1.54, 1.807) is 0 Å². The van der Waals surface area contributed by atoms with E-state index in [0.29, 0.717) is 19.6 Å². The molecule has 1 fully saturated rings. The predicted molar refractivity (Wildman–Crippen MR) is 109 cm³/mol. The lowest BCUT2D eigenvalue weighted by atomic mass is 10.1. The summed E-state index contributed by atoms with van der Waals surface area (Å²) < 4.78 is 51.6. The first-order valence-corrected chi connectivity index (χ1v) is 10.4. The van der Waals surface area contributed by atoms with Gasteiger partial charge in [-0.15, -0.1) is 0 Å². The Labute approximate surface area is 170 Å². The molecule has 0 aromatic heterocycles. The molecule has 2 N–H and O–H groups in total. The van der Waals surface area contributed by atoms with E-state index in [-0.39, 0.29) is 33.5 Å². The molecule has 0 aliphatic carbocycles. The number of methoxy groups -OCH3 is 1. The van der Waals surface area contributed by atoms with Gasteiger partial charge in [0.25, 0.3) is 5.91 Å². The standard InChI is InChI=1S/C20H25FN2O5S/c1-5-15(10-13(2)14(3)21)20(24)22-18-11-17(6-7-19(18)27-4)29(25,26)23-16-8-9-28-12-16/h5-7,10-11,16,23H,1,8-9,12H2,2-4H3,(H,22,24)/b14-13+,15-10+/t16-/m0/s1. The van der Waals surface area contributed by atoms with Crippen LogP contribution >= 0.6 is 0 Å². The third kappa shape index (κ3) is 5.99. The van der Waals surface area contributed by atoms with Crippen molar-refractivity contribution in [1.29, 1.82) is 0 Å². The van der Waals surface area contributed by atoms with Gasteiger partial charge in [-0.3, -0.25) is 4.79 Å². The summed E-state index contributed by atoms with van der Waals surface area (Å²) in [6, 6.07) is 3.84. The first kappa shape index (κ1) is 22.8. The summed E-state index contributed by atoms with van der Waals surface area (Å²) in [5.74, 6) is -0.728. The maximum atomic E-state index is 13.3. The summed E-state index contributed by atoms with van der Waals surface area (Å²) in [7, 11) is -2.41. The molecular weight excluding hydrogens is 399 g/mol. The van der Waals surface area contributed by atoms with Crippen LogP contribution in [0.5, 0.6) is 5.75 Å². The monoisotopic (exact) mass is 424 g/mol. The lowest BCUT2D eigenvalue weighted by Crippen LogP contribution is -2.35. The van der Waals surface area contributed by atoms with Crippen molar-refractivity contribution in [3.63, 3.8) is 0 Å². The maximum Gasteiger partial charge on any atom is 0.255 e. The molecule has 0 unspecified atom stereocenters. The van der Waals surface area contributed by atoms with Gasteiger partial charge in [-0.2, -0.15) is 0 Å². The molecule has 158 valence electrons. The average molecular weight is 424 g/mol. The van der Waals surface area contributed by atoms with Crippen molar-refractivity contribution in [2.75, 3.05) is 25.6 Å². The summed E-state index contributed by atoms with van der Waals surface area (Å²) in [6.45, 7) is 7.19. The van der Waals surface area contributed by atoms with Crippen LogP contribution in [0.4, 0.5) is 10.1 Å². The number of rotatable bonds is 8. The van der Waals surface area contributed by atoms with E-state index in [4.69, 9.17) is 9.47 Å².